The molecule has 1 aliphatic rings. The molecule has 4 nitrogen and oxygen atoms in total. The molecule has 1 saturated carbocycles. The van der Waals surface area contributed by atoms with Crippen LogP contribution in [0.2, 0.25) is 0 Å². The maximum Gasteiger partial charge on any atom is 0.251 e. The van der Waals surface area contributed by atoms with Crippen LogP contribution in [0.3, 0.4) is 0 Å². The standard InChI is InChI=1S/C18H23NO3/c1-4-12-22-16-11-10-15(14(5-2)17(16)21-3)18(20)19-13-8-6-7-9-13/h1,10-11,13H,5-9,12H2,2-3H3,(H,19,20). The summed E-state index contributed by atoms with van der Waals surface area (Å²) < 4.78 is 10.9. The number of ether oxygens (including phenoxy) is 2. The van der Waals surface area contributed by atoms with Crippen molar-refractivity contribution in [3.8, 4) is 23.8 Å². The molecule has 0 radical (unpaired) electrons. The topological polar surface area (TPSA) is 47.6 Å². The summed E-state index contributed by atoms with van der Waals surface area (Å²) in [7, 11) is 1.58. The van der Waals surface area contributed by atoms with E-state index in [1.807, 2.05) is 6.92 Å². The van der Waals surface area contributed by atoms with E-state index in [1.54, 1.807) is 19.2 Å². The van der Waals surface area contributed by atoms with E-state index in [0.29, 0.717) is 29.5 Å². The van der Waals surface area contributed by atoms with Gasteiger partial charge in [0.1, 0.15) is 6.61 Å². The first kappa shape index (κ1) is 16.2. The van der Waals surface area contributed by atoms with Gasteiger partial charge in [-0.15, -0.1) is 6.42 Å². The van der Waals surface area contributed by atoms with Gasteiger partial charge in [-0.3, -0.25) is 4.79 Å². The van der Waals surface area contributed by atoms with Gasteiger partial charge < -0.3 is 14.8 Å². The molecule has 1 aliphatic carbocycles. The van der Waals surface area contributed by atoms with Crippen molar-refractivity contribution in [3.63, 3.8) is 0 Å². The Hall–Kier alpha value is -2.15. The fraction of sp³-hybridized carbons (Fsp3) is 0.500. The molecule has 0 unspecified atom stereocenters. The van der Waals surface area contributed by atoms with E-state index in [-0.39, 0.29) is 12.5 Å². The minimum atomic E-state index is -0.0365. The fourth-order valence-electron chi connectivity index (χ4n) is 2.96. The predicted molar refractivity (Wildman–Crippen MR) is 86.4 cm³/mol. The molecular weight excluding hydrogens is 278 g/mol. The highest BCUT2D eigenvalue weighted by atomic mass is 16.5. The predicted octanol–water partition coefficient (Wildman–Crippen LogP) is 2.94. The highest BCUT2D eigenvalue weighted by Crippen LogP contribution is 2.34. The average molecular weight is 301 g/mol. The van der Waals surface area contributed by atoms with Crippen LogP contribution < -0.4 is 14.8 Å². The SMILES string of the molecule is C#CCOc1ccc(C(=O)NC2CCCC2)c(CC)c1OC. The second kappa shape index (κ2) is 7.74. The van der Waals surface area contributed by atoms with Crippen molar-refractivity contribution in [1.82, 2.24) is 5.32 Å². The zero-order valence-corrected chi connectivity index (χ0v) is 13.3. The zero-order chi connectivity index (χ0) is 15.9. The van der Waals surface area contributed by atoms with Gasteiger partial charge in [0.2, 0.25) is 0 Å². The van der Waals surface area contributed by atoms with Gasteiger partial charge in [0, 0.05) is 17.2 Å². The summed E-state index contributed by atoms with van der Waals surface area (Å²) in [5, 5.41) is 3.12. The van der Waals surface area contributed by atoms with Gasteiger partial charge in [-0.25, -0.2) is 0 Å². The molecule has 0 atom stereocenters. The van der Waals surface area contributed by atoms with Gasteiger partial charge in [0.25, 0.3) is 5.91 Å². The molecule has 1 aromatic carbocycles. The number of rotatable bonds is 6. The Bertz CT molecular complexity index is 568. The summed E-state index contributed by atoms with van der Waals surface area (Å²) in [5.41, 5.74) is 1.51. The van der Waals surface area contributed by atoms with Crippen LogP contribution in [-0.2, 0) is 6.42 Å². The Balaban J connectivity index is 2.26. The van der Waals surface area contributed by atoms with E-state index in [4.69, 9.17) is 15.9 Å². The molecule has 0 saturated heterocycles. The molecule has 0 spiro atoms. The molecule has 0 aromatic heterocycles. The Kier molecular flexibility index (Phi) is 5.71. The molecule has 4 heteroatoms. The lowest BCUT2D eigenvalue weighted by Gasteiger charge is -2.18. The van der Waals surface area contributed by atoms with Crippen molar-refractivity contribution in [2.45, 2.75) is 45.1 Å². The zero-order valence-electron chi connectivity index (χ0n) is 13.3. The molecule has 1 fully saturated rings. The molecule has 1 amide bonds. The summed E-state index contributed by atoms with van der Waals surface area (Å²) in [6.45, 7) is 2.17. The number of methoxy groups -OCH3 is 1. The average Bonchev–Trinajstić information content (AvgIpc) is 3.04. The number of carbonyl (C=O) groups is 1. The van der Waals surface area contributed by atoms with E-state index < -0.39 is 0 Å². The Morgan fingerprint density at radius 2 is 2.14 bits per heavy atom. The normalized spacial score (nSPS) is 14.4. The first-order valence-electron chi connectivity index (χ1n) is 7.78. The third-order valence-corrected chi connectivity index (χ3v) is 4.03. The van der Waals surface area contributed by atoms with Crippen LogP contribution in [0.15, 0.2) is 12.1 Å². The summed E-state index contributed by atoms with van der Waals surface area (Å²) in [5.74, 6) is 3.57. The molecule has 118 valence electrons. The van der Waals surface area contributed by atoms with Crippen molar-refractivity contribution >= 4 is 5.91 Å². The summed E-state index contributed by atoms with van der Waals surface area (Å²) in [6.07, 6.45) is 10.4. The van der Waals surface area contributed by atoms with E-state index in [0.717, 1.165) is 18.4 Å². The van der Waals surface area contributed by atoms with Crippen LogP contribution in [0.5, 0.6) is 11.5 Å². The molecule has 22 heavy (non-hydrogen) atoms. The largest absolute Gasteiger partial charge is 0.493 e. The lowest BCUT2D eigenvalue weighted by atomic mass is 10.0. The van der Waals surface area contributed by atoms with Gasteiger partial charge in [0.05, 0.1) is 7.11 Å². The first-order chi connectivity index (χ1) is 10.7. The third-order valence-electron chi connectivity index (χ3n) is 4.03. The smallest absolute Gasteiger partial charge is 0.251 e. The van der Waals surface area contributed by atoms with Gasteiger partial charge in [0.15, 0.2) is 11.5 Å². The molecule has 1 aromatic rings. The van der Waals surface area contributed by atoms with Gasteiger partial charge >= 0.3 is 0 Å². The molecule has 0 bridgehead atoms. The van der Waals surface area contributed by atoms with Crippen molar-refractivity contribution in [3.05, 3.63) is 23.3 Å². The van der Waals surface area contributed by atoms with Crippen LogP contribution in [0.25, 0.3) is 0 Å². The highest BCUT2D eigenvalue weighted by Gasteiger charge is 2.22. The summed E-state index contributed by atoms with van der Waals surface area (Å²) in [6, 6.07) is 3.83. The minimum Gasteiger partial charge on any atom is -0.493 e. The number of terminal acetylenes is 1. The van der Waals surface area contributed by atoms with Crippen LogP contribution in [0.4, 0.5) is 0 Å². The van der Waals surface area contributed by atoms with E-state index in [2.05, 4.69) is 11.2 Å². The van der Waals surface area contributed by atoms with Crippen LogP contribution in [0, 0.1) is 12.3 Å². The Morgan fingerprint density at radius 3 is 2.73 bits per heavy atom. The first-order valence-corrected chi connectivity index (χ1v) is 7.78. The number of amides is 1. The molecule has 0 aliphatic heterocycles. The van der Waals surface area contributed by atoms with Crippen molar-refractivity contribution in [1.29, 1.82) is 0 Å². The quantitative estimate of drug-likeness (QED) is 0.822. The maximum atomic E-state index is 12.5. The lowest BCUT2D eigenvalue weighted by molar-refractivity contribution is 0.0936. The Labute approximate surface area is 132 Å². The lowest BCUT2D eigenvalue weighted by Crippen LogP contribution is -2.33. The Morgan fingerprint density at radius 1 is 1.41 bits per heavy atom. The molecule has 2 rings (SSSR count). The molecule has 0 heterocycles. The molecule has 1 N–H and O–H groups in total. The van der Waals surface area contributed by atoms with Crippen molar-refractivity contribution < 1.29 is 14.3 Å². The highest BCUT2D eigenvalue weighted by molar-refractivity contribution is 5.97. The van der Waals surface area contributed by atoms with Crippen LogP contribution >= 0.6 is 0 Å². The number of hydrogen-bond donors (Lipinski definition) is 1. The third kappa shape index (κ3) is 3.54. The van der Waals surface area contributed by atoms with E-state index >= 15 is 0 Å². The number of carbonyl (C=O) groups excluding carboxylic acids is 1. The summed E-state index contributed by atoms with van der Waals surface area (Å²) >= 11 is 0. The monoisotopic (exact) mass is 301 g/mol. The second-order valence-corrected chi connectivity index (χ2v) is 5.42. The van der Waals surface area contributed by atoms with Gasteiger partial charge in [-0.1, -0.05) is 25.7 Å². The maximum absolute atomic E-state index is 12.5. The molecular formula is C18H23NO3. The fourth-order valence-corrected chi connectivity index (χ4v) is 2.96. The number of benzene rings is 1. The number of hydrogen-bond acceptors (Lipinski definition) is 3. The van der Waals surface area contributed by atoms with E-state index in [1.165, 1.54) is 12.8 Å². The minimum absolute atomic E-state index is 0.0365. The van der Waals surface area contributed by atoms with Crippen molar-refractivity contribution in [2.24, 2.45) is 0 Å². The van der Waals surface area contributed by atoms with Crippen molar-refractivity contribution in [2.75, 3.05) is 13.7 Å². The van der Waals surface area contributed by atoms with Gasteiger partial charge in [-0.2, -0.15) is 0 Å². The van der Waals surface area contributed by atoms with E-state index in [9.17, 15) is 4.79 Å². The number of nitrogens with one attached hydrogen (secondary N) is 1. The second-order valence-electron chi connectivity index (χ2n) is 5.42. The van der Waals surface area contributed by atoms with Crippen LogP contribution in [0.1, 0.15) is 48.5 Å². The van der Waals surface area contributed by atoms with Crippen LogP contribution in [-0.4, -0.2) is 25.7 Å². The summed E-state index contributed by atoms with van der Waals surface area (Å²) in [4.78, 5) is 12.5. The van der Waals surface area contributed by atoms with Gasteiger partial charge in [-0.05, 0) is 31.4 Å².